The molecule has 1 aliphatic heterocycles. The van der Waals surface area contributed by atoms with Gasteiger partial charge in [0, 0.05) is 23.9 Å². The zero-order chi connectivity index (χ0) is 20.4. The monoisotopic (exact) mass is 390 g/mol. The maximum absolute atomic E-state index is 13.4. The quantitative estimate of drug-likeness (QED) is 0.739. The summed E-state index contributed by atoms with van der Waals surface area (Å²) < 4.78 is 1.81. The average molecular weight is 390 g/mol. The first-order valence-corrected chi connectivity index (χ1v) is 9.95. The molecule has 1 N–H and O–H groups in total. The van der Waals surface area contributed by atoms with Gasteiger partial charge in [0.1, 0.15) is 5.75 Å². The maximum Gasteiger partial charge on any atom is 0.259 e. The van der Waals surface area contributed by atoms with Crippen molar-refractivity contribution in [1.82, 2.24) is 14.7 Å². The Morgan fingerprint density at radius 1 is 1.10 bits per heavy atom. The number of hydrogen-bond acceptors (Lipinski definition) is 4. The normalized spacial score (nSPS) is 15.4. The molecule has 6 heteroatoms. The van der Waals surface area contributed by atoms with Crippen molar-refractivity contribution in [2.45, 2.75) is 25.8 Å². The highest BCUT2D eigenvalue weighted by Gasteiger charge is 2.30. The average Bonchev–Trinajstić information content (AvgIpc) is 3.19. The number of nitrogens with zero attached hydrogens (tertiary/aromatic N) is 4. The van der Waals surface area contributed by atoms with Gasteiger partial charge in [-0.05, 0) is 75.8 Å². The summed E-state index contributed by atoms with van der Waals surface area (Å²) in [6, 6.07) is 16.6. The topological polar surface area (TPSA) is 61.6 Å². The summed E-state index contributed by atoms with van der Waals surface area (Å²) in [5.74, 6) is 0.587. The zero-order valence-corrected chi connectivity index (χ0v) is 16.8. The van der Waals surface area contributed by atoms with E-state index in [1.165, 1.54) is 6.07 Å². The molecule has 0 saturated carbocycles. The lowest BCUT2D eigenvalue weighted by Crippen LogP contribution is -2.47. The van der Waals surface area contributed by atoms with Crippen molar-refractivity contribution >= 4 is 11.7 Å². The minimum atomic E-state index is -0.134. The van der Waals surface area contributed by atoms with Gasteiger partial charge >= 0.3 is 0 Å². The van der Waals surface area contributed by atoms with Crippen LogP contribution in [-0.2, 0) is 0 Å². The number of rotatable bonds is 4. The van der Waals surface area contributed by atoms with Gasteiger partial charge in [-0.25, -0.2) is 4.68 Å². The number of anilines is 1. The van der Waals surface area contributed by atoms with E-state index in [4.69, 9.17) is 5.10 Å². The Morgan fingerprint density at radius 3 is 2.59 bits per heavy atom. The van der Waals surface area contributed by atoms with Gasteiger partial charge in [0.15, 0.2) is 5.82 Å². The molecule has 150 valence electrons. The van der Waals surface area contributed by atoms with Gasteiger partial charge in [0.05, 0.1) is 5.69 Å². The third-order valence-corrected chi connectivity index (χ3v) is 5.45. The molecule has 1 aliphatic rings. The smallest absolute Gasteiger partial charge is 0.259 e. The van der Waals surface area contributed by atoms with E-state index in [0.717, 1.165) is 37.2 Å². The fourth-order valence-electron chi connectivity index (χ4n) is 3.85. The fraction of sp³-hybridized carbons (Fsp3) is 0.304. The molecule has 1 saturated heterocycles. The predicted octanol–water partition coefficient (Wildman–Crippen LogP) is 3.63. The Kier molecular flexibility index (Phi) is 5.36. The second-order valence-electron chi connectivity index (χ2n) is 7.72. The van der Waals surface area contributed by atoms with Crippen LogP contribution < -0.4 is 4.90 Å². The van der Waals surface area contributed by atoms with Crippen LogP contribution in [0.25, 0.3) is 5.69 Å². The van der Waals surface area contributed by atoms with Crippen molar-refractivity contribution in [1.29, 1.82) is 0 Å². The Labute approximate surface area is 171 Å². The molecule has 1 amide bonds. The molecule has 29 heavy (non-hydrogen) atoms. The Bertz CT molecular complexity index is 1010. The number of amides is 1. The van der Waals surface area contributed by atoms with Crippen LogP contribution in [0.3, 0.4) is 0 Å². The Hall–Kier alpha value is -3.12. The van der Waals surface area contributed by atoms with Gasteiger partial charge < -0.3 is 10.0 Å². The van der Waals surface area contributed by atoms with E-state index in [2.05, 4.69) is 18.0 Å². The highest BCUT2D eigenvalue weighted by molar-refractivity contribution is 6.06. The largest absolute Gasteiger partial charge is 0.508 e. The van der Waals surface area contributed by atoms with Crippen LogP contribution in [0.4, 0.5) is 5.82 Å². The second-order valence-corrected chi connectivity index (χ2v) is 7.72. The first kappa shape index (κ1) is 19.2. The molecule has 0 spiro atoms. The molecule has 4 rings (SSSR count). The first-order chi connectivity index (χ1) is 14.0. The summed E-state index contributed by atoms with van der Waals surface area (Å²) in [7, 11) is 2.10. The number of phenolic OH excluding ortho intramolecular Hbond substituents is 1. The van der Waals surface area contributed by atoms with Gasteiger partial charge in [0.2, 0.25) is 0 Å². The number of phenols is 1. The predicted molar refractivity (Wildman–Crippen MR) is 114 cm³/mol. The maximum atomic E-state index is 13.4. The van der Waals surface area contributed by atoms with Crippen molar-refractivity contribution in [2.75, 3.05) is 25.0 Å². The highest BCUT2D eigenvalue weighted by atomic mass is 16.3. The number of piperidine rings is 1. The third kappa shape index (κ3) is 4.17. The minimum Gasteiger partial charge on any atom is -0.508 e. The first-order valence-electron chi connectivity index (χ1n) is 9.95. The van der Waals surface area contributed by atoms with Crippen molar-refractivity contribution in [3.05, 3.63) is 71.9 Å². The standard InChI is InChI=1S/C23H26N4O2/c1-17-5-3-7-20(15-17)26-14-11-22(24-26)27(19-9-12-25(2)13-10-19)23(29)18-6-4-8-21(28)16-18/h3-8,11,14-16,19,28H,9-10,12-13H2,1-2H3. The summed E-state index contributed by atoms with van der Waals surface area (Å²) in [6.07, 6.45) is 3.67. The van der Waals surface area contributed by atoms with Crippen LogP contribution in [0.15, 0.2) is 60.8 Å². The molecule has 1 aromatic heterocycles. The molecule has 0 aliphatic carbocycles. The van der Waals surface area contributed by atoms with Crippen molar-refractivity contribution in [3.8, 4) is 11.4 Å². The van der Waals surface area contributed by atoms with E-state index in [0.29, 0.717) is 11.4 Å². The van der Waals surface area contributed by atoms with Crippen molar-refractivity contribution in [3.63, 3.8) is 0 Å². The lowest BCUT2D eigenvalue weighted by Gasteiger charge is -2.36. The molecular weight excluding hydrogens is 364 g/mol. The van der Waals surface area contributed by atoms with E-state index in [1.807, 2.05) is 37.4 Å². The number of carbonyl (C=O) groups is 1. The Balaban J connectivity index is 1.70. The van der Waals surface area contributed by atoms with Crippen LogP contribution in [0, 0.1) is 6.92 Å². The summed E-state index contributed by atoms with van der Waals surface area (Å²) in [5.41, 5.74) is 2.58. The highest BCUT2D eigenvalue weighted by Crippen LogP contribution is 2.26. The van der Waals surface area contributed by atoms with E-state index in [9.17, 15) is 9.90 Å². The minimum absolute atomic E-state index is 0.0712. The van der Waals surface area contributed by atoms with E-state index in [-0.39, 0.29) is 17.7 Å². The molecule has 2 aromatic carbocycles. The molecule has 1 fully saturated rings. The number of aromatic nitrogens is 2. The SMILES string of the molecule is Cc1cccc(-n2ccc(N(C(=O)c3cccc(O)c3)C3CCN(C)CC3)n2)c1. The molecule has 0 radical (unpaired) electrons. The lowest BCUT2D eigenvalue weighted by molar-refractivity contribution is 0.0962. The van der Waals surface area contributed by atoms with Crippen LogP contribution in [0.1, 0.15) is 28.8 Å². The summed E-state index contributed by atoms with van der Waals surface area (Å²) in [5, 5.41) is 14.6. The van der Waals surface area contributed by atoms with Gasteiger partial charge in [-0.1, -0.05) is 18.2 Å². The third-order valence-electron chi connectivity index (χ3n) is 5.45. The van der Waals surface area contributed by atoms with Gasteiger partial charge in [-0.15, -0.1) is 5.10 Å². The van der Waals surface area contributed by atoms with E-state index >= 15 is 0 Å². The van der Waals surface area contributed by atoms with E-state index in [1.54, 1.807) is 27.8 Å². The fourth-order valence-corrected chi connectivity index (χ4v) is 3.85. The number of hydrogen-bond donors (Lipinski definition) is 1. The summed E-state index contributed by atoms with van der Waals surface area (Å²) in [4.78, 5) is 17.5. The lowest BCUT2D eigenvalue weighted by atomic mass is 10.0. The number of carbonyl (C=O) groups excluding carboxylic acids is 1. The van der Waals surface area contributed by atoms with Crippen LogP contribution in [0.5, 0.6) is 5.75 Å². The summed E-state index contributed by atoms with van der Waals surface area (Å²) in [6.45, 7) is 3.92. The van der Waals surface area contributed by atoms with Gasteiger partial charge in [-0.2, -0.15) is 0 Å². The van der Waals surface area contributed by atoms with Gasteiger partial charge in [-0.3, -0.25) is 9.69 Å². The number of likely N-dealkylation sites (tertiary alicyclic amines) is 1. The van der Waals surface area contributed by atoms with Crippen molar-refractivity contribution in [2.24, 2.45) is 0 Å². The molecule has 3 aromatic rings. The van der Waals surface area contributed by atoms with Crippen molar-refractivity contribution < 1.29 is 9.90 Å². The molecule has 6 nitrogen and oxygen atoms in total. The van der Waals surface area contributed by atoms with Gasteiger partial charge in [0.25, 0.3) is 5.91 Å². The molecule has 0 atom stereocenters. The van der Waals surface area contributed by atoms with Crippen LogP contribution >= 0.6 is 0 Å². The Morgan fingerprint density at radius 2 is 1.86 bits per heavy atom. The second kappa shape index (κ2) is 8.09. The molecule has 0 bridgehead atoms. The molecular formula is C23H26N4O2. The van der Waals surface area contributed by atoms with E-state index < -0.39 is 0 Å². The molecule has 2 heterocycles. The number of benzene rings is 2. The number of aryl methyl sites for hydroxylation is 1. The summed E-state index contributed by atoms with van der Waals surface area (Å²) >= 11 is 0. The van der Waals surface area contributed by atoms with Crippen LogP contribution in [0.2, 0.25) is 0 Å². The number of aromatic hydroxyl groups is 1. The molecule has 0 unspecified atom stereocenters. The van der Waals surface area contributed by atoms with Crippen LogP contribution in [-0.4, -0.2) is 51.9 Å². The zero-order valence-electron chi connectivity index (χ0n) is 16.8.